The highest BCUT2D eigenvalue weighted by Crippen LogP contribution is 2.23. The molecule has 1 aromatic carbocycles. The highest BCUT2D eigenvalue weighted by Gasteiger charge is 2.30. The molecule has 3 aromatic rings. The van der Waals surface area contributed by atoms with Crippen LogP contribution in [-0.4, -0.2) is 45.0 Å². The topological polar surface area (TPSA) is 91.0 Å². The SMILES string of the molecule is O=C(Nc1cc(F)ccc1F)C1CCCN(C(=O)c2cc(-c3ccccn3)n[nH]2)C1. The first-order valence-corrected chi connectivity index (χ1v) is 9.53. The second-order valence-electron chi connectivity index (χ2n) is 7.09. The van der Waals surface area contributed by atoms with E-state index in [2.05, 4.69) is 20.5 Å². The van der Waals surface area contributed by atoms with Gasteiger partial charge in [-0.25, -0.2) is 8.78 Å². The molecular formula is C21H19F2N5O2. The summed E-state index contributed by atoms with van der Waals surface area (Å²) in [7, 11) is 0. The molecule has 2 amide bonds. The van der Waals surface area contributed by atoms with Gasteiger partial charge in [-0.05, 0) is 43.2 Å². The zero-order valence-corrected chi connectivity index (χ0v) is 15.9. The van der Waals surface area contributed by atoms with Crippen LogP contribution in [0, 0.1) is 17.6 Å². The monoisotopic (exact) mass is 411 g/mol. The predicted octanol–water partition coefficient (Wildman–Crippen LogP) is 3.24. The maximum atomic E-state index is 13.8. The Bertz CT molecular complexity index is 1070. The highest BCUT2D eigenvalue weighted by atomic mass is 19.1. The summed E-state index contributed by atoms with van der Waals surface area (Å²) in [6, 6.07) is 9.90. The summed E-state index contributed by atoms with van der Waals surface area (Å²) >= 11 is 0. The van der Waals surface area contributed by atoms with E-state index in [1.807, 2.05) is 6.07 Å². The summed E-state index contributed by atoms with van der Waals surface area (Å²) in [5.74, 6) is -2.61. The van der Waals surface area contributed by atoms with Crippen molar-refractivity contribution in [2.24, 2.45) is 5.92 Å². The molecule has 1 saturated heterocycles. The van der Waals surface area contributed by atoms with Crippen LogP contribution >= 0.6 is 0 Å². The van der Waals surface area contributed by atoms with Gasteiger partial charge in [0.1, 0.15) is 23.0 Å². The zero-order chi connectivity index (χ0) is 21.1. The summed E-state index contributed by atoms with van der Waals surface area (Å²) in [6.45, 7) is 0.675. The van der Waals surface area contributed by atoms with E-state index in [1.54, 1.807) is 29.3 Å². The van der Waals surface area contributed by atoms with Gasteiger partial charge >= 0.3 is 0 Å². The number of H-pyrrole nitrogens is 1. The number of pyridine rings is 1. The van der Waals surface area contributed by atoms with Crippen LogP contribution in [0.15, 0.2) is 48.7 Å². The molecule has 0 saturated carbocycles. The molecule has 7 nitrogen and oxygen atoms in total. The number of amides is 2. The number of rotatable bonds is 4. The maximum absolute atomic E-state index is 13.8. The van der Waals surface area contributed by atoms with Gasteiger partial charge in [0.05, 0.1) is 17.3 Å². The number of nitrogens with one attached hydrogen (secondary N) is 2. The number of anilines is 1. The number of nitrogens with zero attached hydrogens (tertiary/aromatic N) is 3. The van der Waals surface area contributed by atoms with Crippen LogP contribution in [0.25, 0.3) is 11.4 Å². The Hall–Kier alpha value is -3.62. The molecule has 4 rings (SSSR count). The lowest BCUT2D eigenvalue weighted by atomic mass is 9.96. The summed E-state index contributed by atoms with van der Waals surface area (Å²) in [6.07, 6.45) is 2.81. The van der Waals surface area contributed by atoms with E-state index in [-0.39, 0.29) is 18.1 Å². The molecule has 30 heavy (non-hydrogen) atoms. The second kappa shape index (κ2) is 8.40. The van der Waals surface area contributed by atoms with Crippen molar-refractivity contribution in [1.82, 2.24) is 20.1 Å². The molecular weight excluding hydrogens is 392 g/mol. The van der Waals surface area contributed by atoms with Crippen molar-refractivity contribution in [2.45, 2.75) is 12.8 Å². The van der Waals surface area contributed by atoms with Gasteiger partial charge in [0.15, 0.2) is 0 Å². The molecule has 2 aromatic heterocycles. The first-order valence-electron chi connectivity index (χ1n) is 9.53. The number of likely N-dealkylation sites (tertiary alicyclic amines) is 1. The first-order chi connectivity index (χ1) is 14.5. The molecule has 1 aliphatic heterocycles. The third kappa shape index (κ3) is 4.19. The Balaban J connectivity index is 1.43. The molecule has 3 heterocycles. The van der Waals surface area contributed by atoms with Crippen LogP contribution in [0.2, 0.25) is 0 Å². The fourth-order valence-corrected chi connectivity index (χ4v) is 3.45. The predicted molar refractivity (Wildman–Crippen MR) is 105 cm³/mol. The van der Waals surface area contributed by atoms with Crippen molar-refractivity contribution in [3.8, 4) is 11.4 Å². The summed E-state index contributed by atoms with van der Waals surface area (Å²) < 4.78 is 27.1. The normalized spacial score (nSPS) is 16.3. The molecule has 1 unspecified atom stereocenters. The Kier molecular flexibility index (Phi) is 5.51. The lowest BCUT2D eigenvalue weighted by molar-refractivity contribution is -0.121. The van der Waals surface area contributed by atoms with Gasteiger partial charge in [0.2, 0.25) is 5.91 Å². The fourth-order valence-electron chi connectivity index (χ4n) is 3.45. The van der Waals surface area contributed by atoms with Gasteiger partial charge in [-0.3, -0.25) is 19.7 Å². The van der Waals surface area contributed by atoms with Crippen LogP contribution in [0.3, 0.4) is 0 Å². The second-order valence-corrected chi connectivity index (χ2v) is 7.09. The molecule has 1 atom stereocenters. The van der Waals surface area contributed by atoms with E-state index in [0.29, 0.717) is 36.5 Å². The number of aromatic amines is 1. The molecule has 9 heteroatoms. The van der Waals surface area contributed by atoms with E-state index in [9.17, 15) is 18.4 Å². The van der Waals surface area contributed by atoms with E-state index >= 15 is 0 Å². The van der Waals surface area contributed by atoms with Crippen LogP contribution in [-0.2, 0) is 4.79 Å². The Morgan fingerprint density at radius 2 is 2.00 bits per heavy atom. The van der Waals surface area contributed by atoms with Gasteiger partial charge in [-0.15, -0.1) is 0 Å². The minimum Gasteiger partial charge on any atom is -0.337 e. The van der Waals surface area contributed by atoms with E-state index in [4.69, 9.17) is 0 Å². The lowest BCUT2D eigenvalue weighted by Crippen LogP contribution is -2.44. The number of carbonyl (C=O) groups is 2. The molecule has 0 bridgehead atoms. The van der Waals surface area contributed by atoms with E-state index < -0.39 is 23.5 Å². The minimum absolute atomic E-state index is 0.180. The average Bonchev–Trinajstić information content (AvgIpc) is 3.27. The fraction of sp³-hybridized carbons (Fsp3) is 0.238. The number of hydrogen-bond donors (Lipinski definition) is 2. The molecule has 0 aliphatic carbocycles. The minimum atomic E-state index is -0.715. The highest BCUT2D eigenvalue weighted by molar-refractivity contribution is 5.95. The van der Waals surface area contributed by atoms with Crippen LogP contribution < -0.4 is 5.32 Å². The van der Waals surface area contributed by atoms with E-state index in [1.165, 1.54) is 0 Å². The van der Waals surface area contributed by atoms with Gasteiger partial charge in [-0.2, -0.15) is 5.10 Å². The third-order valence-corrected chi connectivity index (χ3v) is 5.00. The molecule has 2 N–H and O–H groups in total. The van der Waals surface area contributed by atoms with Crippen LogP contribution in [0.1, 0.15) is 23.3 Å². The third-order valence-electron chi connectivity index (χ3n) is 5.00. The number of carbonyl (C=O) groups excluding carboxylic acids is 2. The number of aromatic nitrogens is 3. The van der Waals surface area contributed by atoms with Crippen LogP contribution in [0.4, 0.5) is 14.5 Å². The number of benzene rings is 1. The summed E-state index contributed by atoms with van der Waals surface area (Å²) in [5.41, 5.74) is 1.28. The molecule has 1 fully saturated rings. The maximum Gasteiger partial charge on any atom is 0.271 e. The molecule has 1 aliphatic rings. The average molecular weight is 411 g/mol. The lowest BCUT2D eigenvalue weighted by Gasteiger charge is -2.31. The standard InChI is InChI=1S/C21H19F2N5O2/c22-14-6-7-15(23)17(10-14)25-20(29)13-4-3-9-28(12-13)21(30)19-11-18(26-27-19)16-5-1-2-8-24-16/h1-2,5-8,10-11,13H,3-4,9,12H2,(H,25,29)(H,26,27). The van der Waals surface area contributed by atoms with E-state index in [0.717, 1.165) is 18.2 Å². The Morgan fingerprint density at radius 3 is 2.80 bits per heavy atom. The van der Waals surface area contributed by atoms with Crippen LogP contribution in [0.5, 0.6) is 0 Å². The van der Waals surface area contributed by atoms with Gasteiger partial charge in [0, 0.05) is 25.4 Å². The number of halogens is 2. The number of hydrogen-bond acceptors (Lipinski definition) is 4. The summed E-state index contributed by atoms with van der Waals surface area (Å²) in [4.78, 5) is 31.2. The molecule has 154 valence electrons. The van der Waals surface area contributed by atoms with Crippen molar-refractivity contribution in [1.29, 1.82) is 0 Å². The van der Waals surface area contributed by atoms with Gasteiger partial charge in [0.25, 0.3) is 5.91 Å². The van der Waals surface area contributed by atoms with Crippen molar-refractivity contribution in [3.05, 3.63) is 66.0 Å². The summed E-state index contributed by atoms with van der Waals surface area (Å²) in [5, 5.41) is 9.29. The van der Waals surface area contributed by atoms with Crippen molar-refractivity contribution in [3.63, 3.8) is 0 Å². The molecule has 0 radical (unpaired) electrons. The van der Waals surface area contributed by atoms with Gasteiger partial charge < -0.3 is 10.2 Å². The Labute approximate surface area is 171 Å². The van der Waals surface area contributed by atoms with Crippen molar-refractivity contribution in [2.75, 3.05) is 18.4 Å². The Morgan fingerprint density at radius 1 is 1.13 bits per heavy atom. The quantitative estimate of drug-likeness (QED) is 0.690. The number of piperidine rings is 1. The first kappa shape index (κ1) is 19.7. The van der Waals surface area contributed by atoms with Gasteiger partial charge in [-0.1, -0.05) is 6.07 Å². The zero-order valence-electron chi connectivity index (χ0n) is 15.9. The molecule has 0 spiro atoms. The van der Waals surface area contributed by atoms with Crippen molar-refractivity contribution < 1.29 is 18.4 Å². The smallest absolute Gasteiger partial charge is 0.271 e. The van der Waals surface area contributed by atoms with Crippen molar-refractivity contribution >= 4 is 17.5 Å². The largest absolute Gasteiger partial charge is 0.337 e.